The van der Waals surface area contributed by atoms with Crippen LogP contribution in [0.2, 0.25) is 0 Å². The summed E-state index contributed by atoms with van der Waals surface area (Å²) < 4.78 is 0. The Morgan fingerprint density at radius 2 is 2.05 bits per heavy atom. The molecule has 1 amide bonds. The molecule has 0 radical (unpaired) electrons. The quantitative estimate of drug-likeness (QED) is 0.631. The Bertz CT molecular complexity index is 427. The van der Waals surface area contributed by atoms with Crippen LogP contribution < -0.4 is 10.6 Å². The van der Waals surface area contributed by atoms with Gasteiger partial charge in [-0.1, -0.05) is 30.3 Å². The van der Waals surface area contributed by atoms with Crippen molar-refractivity contribution >= 4 is 5.91 Å². The fourth-order valence-corrected chi connectivity index (χ4v) is 2.13. The van der Waals surface area contributed by atoms with Gasteiger partial charge in [-0.05, 0) is 38.3 Å². The van der Waals surface area contributed by atoms with Gasteiger partial charge in [-0.25, -0.2) is 0 Å². The van der Waals surface area contributed by atoms with Crippen LogP contribution in [0.5, 0.6) is 0 Å². The molecule has 110 valence electrons. The number of aliphatic hydroxyl groups is 1. The molecule has 0 aromatic heterocycles. The highest BCUT2D eigenvalue weighted by Gasteiger charge is 2.23. The van der Waals surface area contributed by atoms with E-state index in [0.29, 0.717) is 19.0 Å². The van der Waals surface area contributed by atoms with Crippen LogP contribution in [0.3, 0.4) is 0 Å². The highest BCUT2D eigenvalue weighted by molar-refractivity contribution is 5.76. The fraction of sp³-hybridized carbons (Fsp3) is 0.562. The monoisotopic (exact) mass is 276 g/mol. The van der Waals surface area contributed by atoms with Crippen LogP contribution in [0, 0.1) is 0 Å². The van der Waals surface area contributed by atoms with E-state index in [-0.39, 0.29) is 5.91 Å². The SMILES string of the molecule is CC(O)(CNCCCC(=O)NC1CC1)c1ccccc1. The van der Waals surface area contributed by atoms with E-state index in [4.69, 9.17) is 0 Å². The Labute approximate surface area is 120 Å². The largest absolute Gasteiger partial charge is 0.384 e. The molecule has 1 fully saturated rings. The Balaban J connectivity index is 1.61. The molecule has 1 atom stereocenters. The van der Waals surface area contributed by atoms with Gasteiger partial charge in [0.25, 0.3) is 0 Å². The summed E-state index contributed by atoms with van der Waals surface area (Å²) in [5, 5.41) is 16.6. The van der Waals surface area contributed by atoms with E-state index in [2.05, 4.69) is 10.6 Å². The highest BCUT2D eigenvalue weighted by atomic mass is 16.3. The van der Waals surface area contributed by atoms with Crippen LogP contribution in [-0.4, -0.2) is 30.1 Å². The molecule has 0 aliphatic heterocycles. The standard InChI is InChI=1S/C16H24N2O2/c1-16(20,13-6-3-2-4-7-13)12-17-11-5-8-15(19)18-14-9-10-14/h2-4,6-7,14,17,20H,5,8-12H2,1H3,(H,18,19). The summed E-state index contributed by atoms with van der Waals surface area (Å²) in [5.74, 6) is 0.143. The minimum Gasteiger partial charge on any atom is -0.384 e. The Morgan fingerprint density at radius 1 is 1.35 bits per heavy atom. The molecule has 20 heavy (non-hydrogen) atoms. The second-order valence-corrected chi connectivity index (χ2v) is 5.76. The van der Waals surface area contributed by atoms with E-state index in [1.54, 1.807) is 6.92 Å². The third-order valence-electron chi connectivity index (χ3n) is 3.56. The number of hydrogen-bond donors (Lipinski definition) is 3. The number of hydrogen-bond acceptors (Lipinski definition) is 3. The molecule has 1 aromatic rings. The topological polar surface area (TPSA) is 61.4 Å². The number of benzene rings is 1. The van der Waals surface area contributed by atoms with Gasteiger partial charge in [0.1, 0.15) is 0 Å². The van der Waals surface area contributed by atoms with Crippen molar-refractivity contribution in [3.05, 3.63) is 35.9 Å². The molecular weight excluding hydrogens is 252 g/mol. The van der Waals surface area contributed by atoms with Crippen molar-refractivity contribution in [2.24, 2.45) is 0 Å². The van der Waals surface area contributed by atoms with Crippen molar-refractivity contribution in [1.29, 1.82) is 0 Å². The maximum Gasteiger partial charge on any atom is 0.220 e. The maximum absolute atomic E-state index is 11.5. The normalized spacial score (nSPS) is 17.5. The molecule has 0 heterocycles. The van der Waals surface area contributed by atoms with Crippen molar-refractivity contribution in [2.75, 3.05) is 13.1 Å². The zero-order chi connectivity index (χ0) is 14.4. The number of carbonyl (C=O) groups is 1. The molecule has 0 bridgehead atoms. The van der Waals surface area contributed by atoms with Gasteiger partial charge in [0.05, 0.1) is 5.60 Å². The lowest BCUT2D eigenvalue weighted by Gasteiger charge is -2.24. The molecule has 1 aliphatic rings. The molecule has 4 nitrogen and oxygen atoms in total. The Kier molecular flexibility index (Phi) is 5.15. The first-order valence-electron chi connectivity index (χ1n) is 7.36. The summed E-state index contributed by atoms with van der Waals surface area (Å²) in [4.78, 5) is 11.5. The first-order valence-corrected chi connectivity index (χ1v) is 7.36. The van der Waals surface area contributed by atoms with Crippen LogP contribution >= 0.6 is 0 Å². The molecule has 1 saturated carbocycles. The van der Waals surface area contributed by atoms with Crippen LogP contribution in [0.25, 0.3) is 0 Å². The number of rotatable bonds is 8. The van der Waals surface area contributed by atoms with Gasteiger partial charge >= 0.3 is 0 Å². The van der Waals surface area contributed by atoms with Gasteiger partial charge in [0.2, 0.25) is 5.91 Å². The van der Waals surface area contributed by atoms with Gasteiger partial charge in [0.15, 0.2) is 0 Å². The summed E-state index contributed by atoms with van der Waals surface area (Å²) in [6, 6.07) is 10.1. The van der Waals surface area contributed by atoms with Gasteiger partial charge in [-0.15, -0.1) is 0 Å². The van der Waals surface area contributed by atoms with Crippen molar-refractivity contribution in [1.82, 2.24) is 10.6 Å². The predicted molar refractivity (Wildman–Crippen MR) is 79.3 cm³/mol. The summed E-state index contributed by atoms with van der Waals surface area (Å²) in [6.07, 6.45) is 3.61. The average molecular weight is 276 g/mol. The van der Waals surface area contributed by atoms with E-state index in [0.717, 1.165) is 31.4 Å². The molecule has 1 aromatic carbocycles. The fourth-order valence-electron chi connectivity index (χ4n) is 2.13. The molecular formula is C16H24N2O2. The zero-order valence-electron chi connectivity index (χ0n) is 12.1. The second kappa shape index (κ2) is 6.86. The van der Waals surface area contributed by atoms with Gasteiger partial charge in [0, 0.05) is 19.0 Å². The highest BCUT2D eigenvalue weighted by Crippen LogP contribution is 2.19. The molecule has 1 aliphatic carbocycles. The zero-order valence-corrected chi connectivity index (χ0v) is 12.1. The lowest BCUT2D eigenvalue weighted by atomic mass is 9.96. The Hall–Kier alpha value is -1.39. The third kappa shape index (κ3) is 4.94. The van der Waals surface area contributed by atoms with Gasteiger partial charge < -0.3 is 15.7 Å². The van der Waals surface area contributed by atoms with E-state index in [1.807, 2.05) is 30.3 Å². The van der Waals surface area contributed by atoms with Crippen LogP contribution in [0.4, 0.5) is 0 Å². The van der Waals surface area contributed by atoms with E-state index >= 15 is 0 Å². The summed E-state index contributed by atoms with van der Waals surface area (Å²) in [7, 11) is 0. The van der Waals surface area contributed by atoms with Crippen molar-refractivity contribution < 1.29 is 9.90 Å². The van der Waals surface area contributed by atoms with Crippen molar-refractivity contribution in [3.8, 4) is 0 Å². The van der Waals surface area contributed by atoms with E-state index < -0.39 is 5.60 Å². The summed E-state index contributed by atoms with van der Waals surface area (Å²) >= 11 is 0. The molecule has 4 heteroatoms. The molecule has 2 rings (SSSR count). The second-order valence-electron chi connectivity index (χ2n) is 5.76. The lowest BCUT2D eigenvalue weighted by Crippen LogP contribution is -2.36. The predicted octanol–water partition coefficient (Wildman–Crippen LogP) is 1.54. The third-order valence-corrected chi connectivity index (χ3v) is 3.56. The van der Waals surface area contributed by atoms with Crippen LogP contribution in [-0.2, 0) is 10.4 Å². The minimum atomic E-state index is -0.877. The number of carbonyl (C=O) groups excluding carboxylic acids is 1. The number of amides is 1. The first-order chi connectivity index (χ1) is 9.58. The molecule has 1 unspecified atom stereocenters. The molecule has 3 N–H and O–H groups in total. The van der Waals surface area contributed by atoms with Gasteiger partial charge in [-0.3, -0.25) is 4.79 Å². The summed E-state index contributed by atoms with van der Waals surface area (Å²) in [5.41, 5.74) is 0.0244. The smallest absolute Gasteiger partial charge is 0.220 e. The van der Waals surface area contributed by atoms with E-state index in [9.17, 15) is 9.90 Å². The minimum absolute atomic E-state index is 0.143. The molecule has 0 saturated heterocycles. The molecule has 0 spiro atoms. The maximum atomic E-state index is 11.5. The van der Waals surface area contributed by atoms with Crippen LogP contribution in [0.1, 0.15) is 38.2 Å². The lowest BCUT2D eigenvalue weighted by molar-refractivity contribution is -0.121. The van der Waals surface area contributed by atoms with Crippen molar-refractivity contribution in [3.63, 3.8) is 0 Å². The Morgan fingerprint density at radius 3 is 2.70 bits per heavy atom. The van der Waals surface area contributed by atoms with Crippen LogP contribution in [0.15, 0.2) is 30.3 Å². The van der Waals surface area contributed by atoms with Gasteiger partial charge in [-0.2, -0.15) is 0 Å². The average Bonchev–Trinajstić information content (AvgIpc) is 3.23. The number of nitrogens with one attached hydrogen (secondary N) is 2. The first kappa shape index (κ1) is 15.0. The summed E-state index contributed by atoms with van der Waals surface area (Å²) in [6.45, 7) is 3.03. The van der Waals surface area contributed by atoms with Crippen molar-refractivity contribution in [2.45, 2.75) is 44.2 Å². The van der Waals surface area contributed by atoms with E-state index in [1.165, 1.54) is 0 Å².